The first-order valence-corrected chi connectivity index (χ1v) is 8.31. The summed E-state index contributed by atoms with van der Waals surface area (Å²) in [7, 11) is 0. The summed E-state index contributed by atoms with van der Waals surface area (Å²) in [5.41, 5.74) is 0. The molecule has 140 valence electrons. The Morgan fingerprint density at radius 2 is 2.04 bits per heavy atom. The molecule has 0 spiro atoms. The average molecular weight is 354 g/mol. The molecule has 1 aliphatic rings. The van der Waals surface area contributed by atoms with Gasteiger partial charge in [-0.1, -0.05) is 25.9 Å². The predicted octanol–water partition coefficient (Wildman–Crippen LogP) is 0.938. The van der Waals surface area contributed by atoms with Gasteiger partial charge in [-0.05, 0) is 19.3 Å². The molecule has 1 saturated heterocycles. The van der Waals surface area contributed by atoms with Gasteiger partial charge < -0.3 is 19.4 Å². The maximum absolute atomic E-state index is 12.3. The molecule has 0 radical (unpaired) electrons. The Balaban J connectivity index is 0.000000970. The van der Waals surface area contributed by atoms with Gasteiger partial charge in [-0.2, -0.15) is 4.98 Å². The Labute approximate surface area is 147 Å². The van der Waals surface area contributed by atoms with Crippen molar-refractivity contribution in [2.24, 2.45) is 5.92 Å². The van der Waals surface area contributed by atoms with Gasteiger partial charge in [0, 0.05) is 13.0 Å². The minimum absolute atomic E-state index is 0.0210. The molecule has 1 aromatic heterocycles. The molecule has 1 aromatic rings. The summed E-state index contributed by atoms with van der Waals surface area (Å²) in [6.45, 7) is 8.59. The summed E-state index contributed by atoms with van der Waals surface area (Å²) in [6.07, 6.45) is 1.55. The predicted molar refractivity (Wildman–Crippen MR) is 88.4 cm³/mol. The number of carbonyl (C=O) groups is 3. The molecule has 9 nitrogen and oxygen atoms in total. The highest BCUT2D eigenvalue weighted by Gasteiger charge is 2.36. The molecule has 0 saturated carbocycles. The van der Waals surface area contributed by atoms with Gasteiger partial charge in [0.2, 0.25) is 17.7 Å². The van der Waals surface area contributed by atoms with Crippen molar-refractivity contribution in [3.05, 3.63) is 11.7 Å². The van der Waals surface area contributed by atoms with E-state index in [9.17, 15) is 9.59 Å². The standard InChI is InChI=1S/C15H24N4O3.CH2O2/c1-5-6-18-9-14(20)19(11(4)15(18)21)8-12-16-13(22-17-12)7-10(2)3;2-1-3/h10-11H,5-9H2,1-4H3;1H,(H,2,3)/t11-;/m0./s1. The van der Waals surface area contributed by atoms with Crippen molar-refractivity contribution in [1.29, 1.82) is 0 Å². The van der Waals surface area contributed by atoms with E-state index in [1.54, 1.807) is 11.8 Å². The van der Waals surface area contributed by atoms with Gasteiger partial charge >= 0.3 is 0 Å². The molecular weight excluding hydrogens is 328 g/mol. The van der Waals surface area contributed by atoms with E-state index in [4.69, 9.17) is 14.4 Å². The fourth-order valence-corrected chi connectivity index (χ4v) is 2.57. The number of piperazine rings is 1. The van der Waals surface area contributed by atoms with Crippen molar-refractivity contribution < 1.29 is 24.0 Å². The smallest absolute Gasteiger partial charge is 0.290 e. The second-order valence-corrected chi connectivity index (χ2v) is 6.27. The van der Waals surface area contributed by atoms with E-state index in [0.717, 1.165) is 6.42 Å². The zero-order valence-corrected chi connectivity index (χ0v) is 15.1. The number of nitrogens with zero attached hydrogens (tertiary/aromatic N) is 4. The van der Waals surface area contributed by atoms with Crippen LogP contribution in [0.25, 0.3) is 0 Å². The van der Waals surface area contributed by atoms with E-state index in [1.807, 2.05) is 6.92 Å². The van der Waals surface area contributed by atoms with Crippen LogP contribution in [-0.4, -0.2) is 62.5 Å². The third kappa shape index (κ3) is 5.84. The van der Waals surface area contributed by atoms with Crippen LogP contribution in [-0.2, 0) is 27.3 Å². The van der Waals surface area contributed by atoms with Crippen molar-refractivity contribution in [3.63, 3.8) is 0 Å². The zero-order valence-electron chi connectivity index (χ0n) is 15.1. The van der Waals surface area contributed by atoms with E-state index in [2.05, 4.69) is 24.0 Å². The van der Waals surface area contributed by atoms with Crippen molar-refractivity contribution >= 4 is 18.3 Å². The maximum atomic E-state index is 12.3. The highest BCUT2D eigenvalue weighted by atomic mass is 16.5. The van der Waals surface area contributed by atoms with Gasteiger partial charge in [-0.25, -0.2) is 0 Å². The van der Waals surface area contributed by atoms with Crippen LogP contribution in [0.15, 0.2) is 4.52 Å². The highest BCUT2D eigenvalue weighted by molar-refractivity contribution is 5.94. The fraction of sp³-hybridized carbons (Fsp3) is 0.688. The minimum Gasteiger partial charge on any atom is -0.483 e. The third-order valence-corrected chi connectivity index (χ3v) is 3.68. The molecule has 1 atom stereocenters. The maximum Gasteiger partial charge on any atom is 0.290 e. The summed E-state index contributed by atoms with van der Waals surface area (Å²) >= 11 is 0. The summed E-state index contributed by atoms with van der Waals surface area (Å²) in [5, 5.41) is 10.8. The van der Waals surface area contributed by atoms with Crippen molar-refractivity contribution in [2.45, 2.75) is 53.1 Å². The van der Waals surface area contributed by atoms with Crippen molar-refractivity contribution in [1.82, 2.24) is 19.9 Å². The van der Waals surface area contributed by atoms with Crippen molar-refractivity contribution in [2.75, 3.05) is 13.1 Å². The quantitative estimate of drug-likeness (QED) is 0.755. The van der Waals surface area contributed by atoms with Crippen LogP contribution >= 0.6 is 0 Å². The highest BCUT2D eigenvalue weighted by Crippen LogP contribution is 2.16. The Morgan fingerprint density at radius 3 is 2.60 bits per heavy atom. The first-order chi connectivity index (χ1) is 11.8. The van der Waals surface area contributed by atoms with Crippen LogP contribution in [0, 0.1) is 5.92 Å². The van der Waals surface area contributed by atoms with Gasteiger partial charge in [-0.3, -0.25) is 14.4 Å². The average Bonchev–Trinajstić information content (AvgIpc) is 2.96. The van der Waals surface area contributed by atoms with Crippen LogP contribution in [0.1, 0.15) is 45.8 Å². The summed E-state index contributed by atoms with van der Waals surface area (Å²) < 4.78 is 5.18. The number of rotatable bonds is 6. The van der Waals surface area contributed by atoms with E-state index in [1.165, 1.54) is 4.90 Å². The lowest BCUT2D eigenvalue weighted by molar-refractivity contribution is -0.155. The minimum atomic E-state index is -0.486. The monoisotopic (exact) mass is 354 g/mol. The van der Waals surface area contributed by atoms with Gasteiger partial charge in [0.25, 0.3) is 6.47 Å². The summed E-state index contributed by atoms with van der Waals surface area (Å²) in [4.78, 5) is 40.3. The largest absolute Gasteiger partial charge is 0.483 e. The lowest BCUT2D eigenvalue weighted by Crippen LogP contribution is -2.58. The molecule has 0 unspecified atom stereocenters. The van der Waals surface area contributed by atoms with Crippen LogP contribution in [0.5, 0.6) is 0 Å². The van der Waals surface area contributed by atoms with Crippen LogP contribution in [0.4, 0.5) is 0 Å². The second-order valence-electron chi connectivity index (χ2n) is 6.27. The number of hydrogen-bond acceptors (Lipinski definition) is 6. The SMILES string of the molecule is CCCN1CC(=O)N(Cc2noc(CC(C)C)n2)[C@@H](C)C1=O.O=CO. The molecule has 2 amide bonds. The number of amides is 2. The molecule has 1 aliphatic heterocycles. The fourth-order valence-electron chi connectivity index (χ4n) is 2.57. The molecule has 0 aliphatic carbocycles. The van der Waals surface area contributed by atoms with E-state index in [0.29, 0.717) is 30.6 Å². The lowest BCUT2D eigenvalue weighted by atomic mass is 10.1. The van der Waals surface area contributed by atoms with E-state index in [-0.39, 0.29) is 31.4 Å². The lowest BCUT2D eigenvalue weighted by Gasteiger charge is -2.38. The summed E-state index contributed by atoms with van der Waals surface area (Å²) in [6, 6.07) is -0.486. The number of hydrogen-bond donors (Lipinski definition) is 1. The molecule has 1 N–H and O–H groups in total. The first kappa shape index (κ1) is 20.6. The number of carbonyl (C=O) groups excluding carboxylic acids is 2. The van der Waals surface area contributed by atoms with Crippen LogP contribution in [0.2, 0.25) is 0 Å². The topological polar surface area (TPSA) is 117 Å². The van der Waals surface area contributed by atoms with Crippen LogP contribution in [0.3, 0.4) is 0 Å². The van der Waals surface area contributed by atoms with Crippen LogP contribution < -0.4 is 0 Å². The number of carboxylic acid groups (broad SMARTS) is 1. The third-order valence-electron chi connectivity index (χ3n) is 3.68. The zero-order chi connectivity index (χ0) is 19.0. The molecule has 1 fully saturated rings. The van der Waals surface area contributed by atoms with Gasteiger partial charge in [-0.15, -0.1) is 0 Å². The van der Waals surface area contributed by atoms with E-state index < -0.39 is 6.04 Å². The normalized spacial score (nSPS) is 17.6. The Morgan fingerprint density at radius 1 is 1.40 bits per heavy atom. The van der Waals surface area contributed by atoms with Gasteiger partial charge in [0.05, 0.1) is 13.1 Å². The van der Waals surface area contributed by atoms with Crippen molar-refractivity contribution in [3.8, 4) is 0 Å². The first-order valence-electron chi connectivity index (χ1n) is 8.31. The van der Waals surface area contributed by atoms with E-state index >= 15 is 0 Å². The molecule has 2 heterocycles. The van der Waals surface area contributed by atoms with Gasteiger partial charge in [0.1, 0.15) is 6.04 Å². The number of aromatic nitrogens is 2. The Bertz CT molecular complexity index is 587. The molecule has 0 aromatic carbocycles. The Kier molecular flexibility index (Phi) is 8.03. The van der Waals surface area contributed by atoms with Gasteiger partial charge in [0.15, 0.2) is 5.82 Å². The molecule has 25 heavy (non-hydrogen) atoms. The molecule has 9 heteroatoms. The second kappa shape index (κ2) is 9.75. The molecule has 0 bridgehead atoms. The summed E-state index contributed by atoms with van der Waals surface area (Å²) in [5.74, 6) is 1.35. The Hall–Kier alpha value is -2.45. The molecule has 2 rings (SSSR count). The molecular formula is C16H26N4O5.